The number of ether oxygens (including phenoxy) is 1. The molecule has 2 aliphatic rings. The third-order valence-corrected chi connectivity index (χ3v) is 9.77. The smallest absolute Gasteiger partial charge is 0.361 e. The Morgan fingerprint density at radius 1 is 1.18 bits per heavy atom. The zero-order valence-corrected chi connectivity index (χ0v) is 24.7. The first-order chi connectivity index (χ1) is 18.1. The molecule has 1 N–H and O–H groups in total. The number of pyridine rings is 1. The van der Waals surface area contributed by atoms with Crippen molar-refractivity contribution in [3.8, 4) is 0 Å². The number of halogens is 3. The third-order valence-electron chi connectivity index (χ3n) is 7.38. The maximum absolute atomic E-state index is 13.4. The van der Waals surface area contributed by atoms with Gasteiger partial charge in [0, 0.05) is 45.0 Å². The summed E-state index contributed by atoms with van der Waals surface area (Å²) < 4.78 is 73.4. The minimum Gasteiger partial charge on any atom is -0.361 e. The molecule has 2 aromatic heterocycles. The monoisotopic (exact) mass is 589 g/mol. The number of rotatable bonds is 10. The predicted octanol–water partition coefficient (Wildman–Crippen LogP) is 4.24. The molecule has 0 spiro atoms. The van der Waals surface area contributed by atoms with Crippen LogP contribution in [0.2, 0.25) is 25.7 Å². The number of nitrogens with zero attached hydrogens (tertiary/aromatic N) is 4. The van der Waals surface area contributed by atoms with E-state index in [0.717, 1.165) is 30.0 Å². The van der Waals surface area contributed by atoms with Gasteiger partial charge in [-0.05, 0) is 43.7 Å². The van der Waals surface area contributed by atoms with E-state index < -0.39 is 36.7 Å². The summed E-state index contributed by atoms with van der Waals surface area (Å²) in [6, 6.07) is 2.78. The molecule has 1 aliphatic heterocycles. The first-order valence-corrected chi connectivity index (χ1v) is 18.8. The van der Waals surface area contributed by atoms with Crippen LogP contribution in [0.1, 0.15) is 36.0 Å². The van der Waals surface area contributed by atoms with E-state index in [2.05, 4.69) is 29.3 Å². The Morgan fingerprint density at radius 2 is 1.87 bits per heavy atom. The van der Waals surface area contributed by atoms with E-state index in [9.17, 15) is 26.4 Å². The molecule has 1 saturated carbocycles. The standard InChI is InChI=1S/C25H38F3N5O4SSi/c1-38(35,36)30-13-18-5-7-19(8-6-18)33-16-32(15-25(26,27)28)24(34)21-14-29-23-20(22(21)33)9-10-31(23)17-37-11-12-39(2,3)4/h9-10,14,18-19,30H,5-8,11-13,15-17H2,1-4H3. The summed E-state index contributed by atoms with van der Waals surface area (Å²) in [5.41, 5.74) is 1.40. The fraction of sp³-hybridized carbons (Fsp3) is 0.680. The summed E-state index contributed by atoms with van der Waals surface area (Å²) in [4.78, 5) is 20.4. The first kappa shape index (κ1) is 29.8. The van der Waals surface area contributed by atoms with E-state index >= 15 is 0 Å². The van der Waals surface area contributed by atoms with Crippen LogP contribution in [-0.4, -0.2) is 81.7 Å². The molecule has 1 fully saturated rings. The van der Waals surface area contributed by atoms with Gasteiger partial charge in [-0.15, -0.1) is 0 Å². The second kappa shape index (κ2) is 11.4. The molecule has 0 unspecified atom stereocenters. The zero-order chi connectivity index (χ0) is 28.6. The van der Waals surface area contributed by atoms with E-state index in [-0.39, 0.29) is 24.2 Å². The van der Waals surface area contributed by atoms with Crippen molar-refractivity contribution >= 4 is 40.7 Å². The van der Waals surface area contributed by atoms with E-state index in [1.54, 1.807) is 0 Å². The van der Waals surface area contributed by atoms with Crippen molar-refractivity contribution < 1.29 is 31.1 Å². The molecule has 39 heavy (non-hydrogen) atoms. The highest BCUT2D eigenvalue weighted by molar-refractivity contribution is 7.88. The lowest BCUT2D eigenvalue weighted by molar-refractivity contribution is -0.141. The van der Waals surface area contributed by atoms with Crippen LogP contribution in [-0.2, 0) is 21.5 Å². The summed E-state index contributed by atoms with van der Waals surface area (Å²) in [6.07, 6.45) is 2.63. The van der Waals surface area contributed by atoms with Gasteiger partial charge in [0.25, 0.3) is 5.91 Å². The number of alkyl halides is 3. The average Bonchev–Trinajstić information content (AvgIpc) is 3.24. The minimum absolute atomic E-state index is 0.0935. The Hall–Kier alpha value is -2.16. The van der Waals surface area contributed by atoms with Crippen molar-refractivity contribution in [2.75, 3.05) is 37.5 Å². The Bertz CT molecular complexity index is 1290. The Labute approximate surface area is 228 Å². The number of carbonyl (C=O) groups is 1. The van der Waals surface area contributed by atoms with Crippen LogP contribution >= 0.6 is 0 Å². The van der Waals surface area contributed by atoms with Gasteiger partial charge in [-0.25, -0.2) is 18.1 Å². The second-order valence-electron chi connectivity index (χ2n) is 11.9. The summed E-state index contributed by atoms with van der Waals surface area (Å²) in [5.74, 6) is -0.529. The van der Waals surface area contributed by atoms with E-state index in [1.165, 1.54) is 6.20 Å². The summed E-state index contributed by atoms with van der Waals surface area (Å²) >= 11 is 0. The highest BCUT2D eigenvalue weighted by Gasteiger charge is 2.41. The molecule has 0 aromatic carbocycles. The Morgan fingerprint density at radius 3 is 2.49 bits per heavy atom. The fourth-order valence-corrected chi connectivity index (χ4v) is 6.59. The highest BCUT2D eigenvalue weighted by Crippen LogP contribution is 2.40. The van der Waals surface area contributed by atoms with Crippen LogP contribution in [0.5, 0.6) is 0 Å². The number of hydrogen-bond donors (Lipinski definition) is 1. The molecule has 2 aromatic rings. The number of sulfonamides is 1. The molecular weight excluding hydrogens is 551 g/mol. The third kappa shape index (κ3) is 7.73. The topological polar surface area (TPSA) is 96.8 Å². The van der Waals surface area contributed by atoms with Gasteiger partial charge in [0.1, 0.15) is 18.9 Å². The molecule has 0 saturated heterocycles. The largest absolute Gasteiger partial charge is 0.406 e. The molecule has 3 heterocycles. The van der Waals surface area contributed by atoms with Gasteiger partial charge in [-0.1, -0.05) is 19.6 Å². The summed E-state index contributed by atoms with van der Waals surface area (Å²) in [5, 5.41) is 0.710. The first-order valence-electron chi connectivity index (χ1n) is 13.2. The minimum atomic E-state index is -4.53. The van der Waals surface area contributed by atoms with Crippen LogP contribution in [0.4, 0.5) is 18.9 Å². The van der Waals surface area contributed by atoms with Crippen molar-refractivity contribution in [3.05, 3.63) is 24.0 Å². The van der Waals surface area contributed by atoms with Crippen LogP contribution in [0.3, 0.4) is 0 Å². The van der Waals surface area contributed by atoms with Gasteiger partial charge in [-0.3, -0.25) is 4.79 Å². The lowest BCUT2D eigenvalue weighted by Crippen LogP contribution is -2.54. The predicted molar refractivity (Wildman–Crippen MR) is 147 cm³/mol. The van der Waals surface area contributed by atoms with Crippen molar-refractivity contribution in [1.82, 2.24) is 19.2 Å². The number of fused-ring (bicyclic) bond motifs is 3. The van der Waals surface area contributed by atoms with E-state index in [1.807, 2.05) is 21.7 Å². The number of nitrogens with one attached hydrogen (secondary N) is 1. The van der Waals surface area contributed by atoms with Gasteiger partial charge in [0.05, 0.1) is 24.2 Å². The molecule has 14 heteroatoms. The molecule has 1 aliphatic carbocycles. The molecule has 218 valence electrons. The quantitative estimate of drug-likeness (QED) is 0.329. The molecular formula is C25H38F3N5O4SSi. The van der Waals surface area contributed by atoms with Crippen LogP contribution in [0.15, 0.2) is 18.5 Å². The SMILES string of the molecule is C[Si](C)(C)CCOCn1ccc2c3c(cnc21)C(=O)N(CC(F)(F)F)CN3C1CCC(CNS(C)(=O)=O)CC1. The molecule has 0 radical (unpaired) electrons. The van der Waals surface area contributed by atoms with Gasteiger partial charge >= 0.3 is 6.18 Å². The normalized spacial score (nSPS) is 21.1. The van der Waals surface area contributed by atoms with Crippen molar-refractivity contribution in [1.29, 1.82) is 0 Å². The molecule has 4 rings (SSSR count). The molecule has 9 nitrogen and oxygen atoms in total. The van der Waals surface area contributed by atoms with E-state index in [4.69, 9.17) is 4.74 Å². The van der Waals surface area contributed by atoms with Gasteiger partial charge < -0.3 is 19.1 Å². The van der Waals surface area contributed by atoms with E-state index in [0.29, 0.717) is 49.4 Å². The average molecular weight is 590 g/mol. The second-order valence-corrected chi connectivity index (χ2v) is 19.4. The summed E-state index contributed by atoms with van der Waals surface area (Å²) in [7, 11) is -4.54. The van der Waals surface area contributed by atoms with Gasteiger partial charge in [0.15, 0.2) is 0 Å². The molecule has 1 amide bonds. The number of amides is 1. The van der Waals surface area contributed by atoms with Crippen LogP contribution in [0, 0.1) is 5.92 Å². The van der Waals surface area contributed by atoms with Gasteiger partial charge in [-0.2, -0.15) is 13.2 Å². The Balaban J connectivity index is 1.60. The number of anilines is 1. The lowest BCUT2D eigenvalue weighted by Gasteiger charge is -2.45. The number of aromatic nitrogens is 2. The number of carbonyl (C=O) groups excluding carboxylic acids is 1. The fourth-order valence-electron chi connectivity index (χ4n) is 5.29. The molecule has 0 bridgehead atoms. The van der Waals surface area contributed by atoms with Crippen molar-refractivity contribution in [3.63, 3.8) is 0 Å². The van der Waals surface area contributed by atoms with Crippen molar-refractivity contribution in [2.24, 2.45) is 5.92 Å². The maximum Gasteiger partial charge on any atom is 0.406 e. The Kier molecular flexibility index (Phi) is 8.69. The summed E-state index contributed by atoms with van der Waals surface area (Å²) in [6.45, 7) is 6.60. The zero-order valence-electron chi connectivity index (χ0n) is 22.9. The lowest BCUT2D eigenvalue weighted by atomic mass is 9.85. The molecule has 0 atom stereocenters. The highest BCUT2D eigenvalue weighted by atomic mass is 32.2. The van der Waals surface area contributed by atoms with Crippen LogP contribution < -0.4 is 9.62 Å². The van der Waals surface area contributed by atoms with Gasteiger partial charge in [0.2, 0.25) is 10.0 Å². The van der Waals surface area contributed by atoms with Crippen molar-refractivity contribution in [2.45, 2.75) is 70.3 Å². The maximum atomic E-state index is 13.4. The van der Waals surface area contributed by atoms with Crippen LogP contribution in [0.25, 0.3) is 11.0 Å². The number of hydrogen-bond acceptors (Lipinski definition) is 6.